The molecule has 3 unspecified atom stereocenters. The third-order valence-corrected chi connectivity index (χ3v) is 4.75. The minimum absolute atomic E-state index is 0.190. The molecule has 0 heterocycles. The molecule has 3 atom stereocenters. The van der Waals surface area contributed by atoms with E-state index < -0.39 is 12.6 Å². The zero-order valence-electron chi connectivity index (χ0n) is 11.2. The molecule has 1 saturated carbocycles. The summed E-state index contributed by atoms with van der Waals surface area (Å²) in [5.74, 6) is 1.12. The van der Waals surface area contributed by atoms with Gasteiger partial charge in [-0.3, -0.25) is 0 Å². The Hall–Kier alpha value is 0.100. The fourth-order valence-electron chi connectivity index (χ4n) is 2.59. The molecule has 0 bridgehead atoms. The first-order valence-corrected chi connectivity index (χ1v) is 7.91. The van der Waals surface area contributed by atoms with Crippen molar-refractivity contribution in [2.45, 2.75) is 75.9 Å². The van der Waals surface area contributed by atoms with Crippen LogP contribution in [0.25, 0.3) is 0 Å². The highest BCUT2D eigenvalue weighted by Crippen LogP contribution is 2.30. The average molecular weight is 283 g/mol. The quantitative estimate of drug-likeness (QED) is 0.744. The molecule has 0 radical (unpaired) electrons. The lowest BCUT2D eigenvalue weighted by Crippen LogP contribution is -2.40. The zero-order chi connectivity index (χ0) is 13.6. The van der Waals surface area contributed by atoms with Gasteiger partial charge in [-0.2, -0.15) is 24.9 Å². The molecule has 1 aliphatic carbocycles. The predicted octanol–water partition coefficient (Wildman–Crippen LogP) is 4.37. The van der Waals surface area contributed by atoms with E-state index in [1.54, 1.807) is 0 Å². The average Bonchev–Trinajstić information content (AvgIpc) is 2.64. The van der Waals surface area contributed by atoms with Crippen LogP contribution in [0.4, 0.5) is 13.2 Å². The van der Waals surface area contributed by atoms with Gasteiger partial charge in [0.1, 0.15) is 0 Å². The van der Waals surface area contributed by atoms with Crippen molar-refractivity contribution in [3.05, 3.63) is 0 Å². The van der Waals surface area contributed by atoms with E-state index in [1.807, 2.05) is 18.7 Å². The third-order valence-electron chi connectivity index (χ3n) is 3.43. The number of thioether (sulfide) groups is 1. The SMILES string of the molecule is CCSC1CCCC1NC(C)CCCC(F)(F)F. The Kier molecular flexibility index (Phi) is 6.85. The molecule has 1 aliphatic rings. The molecule has 0 saturated heterocycles. The molecule has 0 aromatic rings. The first-order chi connectivity index (χ1) is 8.42. The molecule has 108 valence electrons. The summed E-state index contributed by atoms with van der Waals surface area (Å²) in [6.07, 6.45) is -0.169. The van der Waals surface area contributed by atoms with Gasteiger partial charge in [0.05, 0.1) is 0 Å². The van der Waals surface area contributed by atoms with E-state index in [-0.39, 0.29) is 12.5 Å². The van der Waals surface area contributed by atoms with Crippen LogP contribution in [-0.4, -0.2) is 29.3 Å². The summed E-state index contributed by atoms with van der Waals surface area (Å²) in [6, 6.07) is 0.686. The highest BCUT2D eigenvalue weighted by Gasteiger charge is 2.29. The van der Waals surface area contributed by atoms with E-state index in [1.165, 1.54) is 19.3 Å². The number of alkyl halides is 3. The lowest BCUT2D eigenvalue weighted by Gasteiger charge is -2.24. The Morgan fingerprint density at radius 1 is 1.33 bits per heavy atom. The summed E-state index contributed by atoms with van der Waals surface area (Å²) in [5.41, 5.74) is 0. The number of hydrogen-bond acceptors (Lipinski definition) is 2. The van der Waals surface area contributed by atoms with Crippen LogP contribution in [0.15, 0.2) is 0 Å². The molecule has 0 amide bonds. The standard InChI is InChI=1S/C13H24F3NS/c1-3-18-12-8-4-7-11(12)17-10(2)6-5-9-13(14,15)16/h10-12,17H,3-9H2,1-2H3. The van der Waals surface area contributed by atoms with E-state index in [9.17, 15) is 13.2 Å². The van der Waals surface area contributed by atoms with Crippen molar-refractivity contribution in [1.82, 2.24) is 5.32 Å². The normalized spacial score (nSPS) is 26.5. The predicted molar refractivity (Wildman–Crippen MR) is 72.1 cm³/mol. The molecule has 18 heavy (non-hydrogen) atoms. The van der Waals surface area contributed by atoms with E-state index in [0.29, 0.717) is 17.7 Å². The summed E-state index contributed by atoms with van der Waals surface area (Å²) in [7, 11) is 0. The molecule has 5 heteroatoms. The molecule has 1 fully saturated rings. The largest absolute Gasteiger partial charge is 0.389 e. The van der Waals surface area contributed by atoms with Gasteiger partial charge in [-0.05, 0) is 38.4 Å². The van der Waals surface area contributed by atoms with Crippen LogP contribution >= 0.6 is 11.8 Å². The molecule has 0 spiro atoms. The molecule has 1 nitrogen and oxygen atoms in total. The summed E-state index contributed by atoms with van der Waals surface area (Å²) < 4.78 is 36.1. The first kappa shape index (κ1) is 16.2. The second kappa shape index (κ2) is 7.63. The topological polar surface area (TPSA) is 12.0 Å². The van der Waals surface area contributed by atoms with Crippen LogP contribution < -0.4 is 5.32 Å². The van der Waals surface area contributed by atoms with Gasteiger partial charge < -0.3 is 5.32 Å². The minimum Gasteiger partial charge on any atom is -0.310 e. The Labute approximate surface area is 112 Å². The highest BCUT2D eigenvalue weighted by molar-refractivity contribution is 7.99. The number of halogens is 3. The van der Waals surface area contributed by atoms with Crippen molar-refractivity contribution in [2.24, 2.45) is 0 Å². The Bertz CT molecular complexity index is 233. The van der Waals surface area contributed by atoms with Crippen LogP contribution in [0, 0.1) is 0 Å². The van der Waals surface area contributed by atoms with Gasteiger partial charge in [-0.25, -0.2) is 0 Å². The van der Waals surface area contributed by atoms with E-state index in [0.717, 1.165) is 5.75 Å². The van der Waals surface area contributed by atoms with Gasteiger partial charge in [0.25, 0.3) is 0 Å². The van der Waals surface area contributed by atoms with Crippen molar-refractivity contribution in [1.29, 1.82) is 0 Å². The zero-order valence-corrected chi connectivity index (χ0v) is 12.0. The van der Waals surface area contributed by atoms with E-state index in [2.05, 4.69) is 12.2 Å². The van der Waals surface area contributed by atoms with Gasteiger partial charge in [-0.15, -0.1) is 0 Å². The summed E-state index contributed by atoms with van der Waals surface area (Å²) >= 11 is 1.97. The maximum absolute atomic E-state index is 12.0. The van der Waals surface area contributed by atoms with Crippen molar-refractivity contribution in [3.8, 4) is 0 Å². The van der Waals surface area contributed by atoms with Crippen LogP contribution in [-0.2, 0) is 0 Å². The molecule has 1 rings (SSSR count). The lowest BCUT2D eigenvalue weighted by molar-refractivity contribution is -0.135. The Balaban J connectivity index is 2.20. The first-order valence-electron chi connectivity index (χ1n) is 6.86. The molecular weight excluding hydrogens is 259 g/mol. The van der Waals surface area contributed by atoms with Gasteiger partial charge in [0, 0.05) is 23.8 Å². The lowest BCUT2D eigenvalue weighted by atomic mass is 10.1. The van der Waals surface area contributed by atoms with Crippen molar-refractivity contribution in [2.75, 3.05) is 5.75 Å². The van der Waals surface area contributed by atoms with Crippen LogP contribution in [0.5, 0.6) is 0 Å². The molecule has 0 aromatic carbocycles. The van der Waals surface area contributed by atoms with Gasteiger partial charge in [-0.1, -0.05) is 13.3 Å². The second-order valence-corrected chi connectivity index (χ2v) is 6.62. The van der Waals surface area contributed by atoms with E-state index in [4.69, 9.17) is 0 Å². The third kappa shape index (κ3) is 6.32. The summed E-state index contributed by atoms with van der Waals surface area (Å²) in [4.78, 5) is 0. The highest BCUT2D eigenvalue weighted by atomic mass is 32.2. The van der Waals surface area contributed by atoms with Gasteiger partial charge in [0.2, 0.25) is 0 Å². The number of hydrogen-bond donors (Lipinski definition) is 1. The van der Waals surface area contributed by atoms with E-state index >= 15 is 0 Å². The Morgan fingerprint density at radius 2 is 2.06 bits per heavy atom. The van der Waals surface area contributed by atoms with Crippen molar-refractivity contribution in [3.63, 3.8) is 0 Å². The van der Waals surface area contributed by atoms with Gasteiger partial charge in [0.15, 0.2) is 0 Å². The summed E-state index contributed by atoms with van der Waals surface area (Å²) in [6.45, 7) is 4.16. The maximum atomic E-state index is 12.0. The minimum atomic E-state index is -4.01. The molecular formula is C13H24F3NS. The monoisotopic (exact) mass is 283 g/mol. The van der Waals surface area contributed by atoms with Crippen molar-refractivity contribution >= 4 is 11.8 Å². The molecule has 0 aliphatic heterocycles. The fraction of sp³-hybridized carbons (Fsp3) is 1.00. The van der Waals surface area contributed by atoms with Crippen LogP contribution in [0.2, 0.25) is 0 Å². The van der Waals surface area contributed by atoms with Crippen molar-refractivity contribution < 1.29 is 13.2 Å². The fourth-order valence-corrected chi connectivity index (χ4v) is 3.80. The summed E-state index contributed by atoms with van der Waals surface area (Å²) in [5, 5.41) is 4.16. The Morgan fingerprint density at radius 3 is 2.67 bits per heavy atom. The van der Waals surface area contributed by atoms with Crippen LogP contribution in [0.3, 0.4) is 0 Å². The maximum Gasteiger partial charge on any atom is 0.389 e. The molecule has 0 aromatic heterocycles. The van der Waals surface area contributed by atoms with Gasteiger partial charge >= 0.3 is 6.18 Å². The van der Waals surface area contributed by atoms with Crippen LogP contribution in [0.1, 0.15) is 52.4 Å². The molecule has 1 N–H and O–H groups in total. The number of nitrogens with one attached hydrogen (secondary N) is 1. The second-order valence-electron chi connectivity index (χ2n) is 5.11. The smallest absolute Gasteiger partial charge is 0.310 e. The number of rotatable bonds is 7.